The topological polar surface area (TPSA) is 0 Å². The Morgan fingerprint density at radius 3 is 2.46 bits per heavy atom. The van der Waals surface area contributed by atoms with Crippen molar-refractivity contribution < 1.29 is 19.2 Å². The van der Waals surface area contributed by atoms with Crippen LogP contribution >= 0.6 is 37.2 Å². The SMILES string of the molecule is CCC[CH2][Ti][C]1=CC=CC1.Cl.Cl.Cl. The van der Waals surface area contributed by atoms with E-state index >= 15 is 0 Å². The Hall–Kier alpha value is 1.06. The molecular weight excluding hydrogens is 262 g/mol. The van der Waals surface area contributed by atoms with Crippen LogP contribution in [0.25, 0.3) is 0 Å². The average Bonchev–Trinajstić information content (AvgIpc) is 2.41. The Kier molecular flexibility index (Phi) is 19.7. The molecule has 0 aromatic heterocycles. The van der Waals surface area contributed by atoms with Crippen LogP contribution in [0.5, 0.6) is 0 Å². The molecule has 4 heteroatoms. The molecule has 78 valence electrons. The molecule has 0 amide bonds. The van der Waals surface area contributed by atoms with E-state index in [2.05, 4.69) is 25.2 Å². The predicted octanol–water partition coefficient (Wildman–Crippen LogP) is 4.40. The van der Waals surface area contributed by atoms with Crippen LogP contribution in [-0.4, -0.2) is 0 Å². The van der Waals surface area contributed by atoms with Crippen LogP contribution in [0.1, 0.15) is 26.2 Å². The van der Waals surface area contributed by atoms with Crippen molar-refractivity contribution in [2.45, 2.75) is 30.9 Å². The molecule has 0 fully saturated rings. The molecule has 0 atom stereocenters. The van der Waals surface area contributed by atoms with Crippen LogP contribution in [-0.2, 0) is 19.2 Å². The van der Waals surface area contributed by atoms with E-state index in [0.29, 0.717) is 0 Å². The van der Waals surface area contributed by atoms with Crippen molar-refractivity contribution in [2.24, 2.45) is 0 Å². The second kappa shape index (κ2) is 13.1. The molecule has 0 saturated carbocycles. The molecule has 0 unspecified atom stereocenters. The first-order chi connectivity index (χ1) is 4.93. The van der Waals surface area contributed by atoms with Gasteiger partial charge in [0.2, 0.25) is 0 Å². The molecule has 0 radical (unpaired) electrons. The third-order valence-electron chi connectivity index (χ3n) is 1.65. The van der Waals surface area contributed by atoms with E-state index in [1.807, 2.05) is 0 Å². The molecule has 0 nitrogen and oxygen atoms in total. The fourth-order valence-electron chi connectivity index (χ4n) is 1.00. The van der Waals surface area contributed by atoms with Gasteiger partial charge in [-0.3, -0.25) is 0 Å². The van der Waals surface area contributed by atoms with E-state index in [4.69, 9.17) is 0 Å². The van der Waals surface area contributed by atoms with Gasteiger partial charge >= 0.3 is 72.2 Å². The number of rotatable bonds is 4. The van der Waals surface area contributed by atoms with Crippen LogP contribution in [0.15, 0.2) is 22.1 Å². The Balaban J connectivity index is -0.000000333. The summed E-state index contributed by atoms with van der Waals surface area (Å²) in [4.78, 5) is 0. The molecule has 0 N–H and O–H groups in total. The maximum Gasteiger partial charge on any atom is -0.147 e. The van der Waals surface area contributed by atoms with Crippen LogP contribution in [0.4, 0.5) is 0 Å². The van der Waals surface area contributed by atoms with Gasteiger partial charge in [0.1, 0.15) is 0 Å². The third-order valence-corrected chi connectivity index (χ3v) is 3.88. The van der Waals surface area contributed by atoms with Crippen molar-refractivity contribution in [1.82, 2.24) is 0 Å². The second-order valence-corrected chi connectivity index (χ2v) is 4.94. The van der Waals surface area contributed by atoms with Crippen molar-refractivity contribution >= 4 is 37.2 Å². The summed E-state index contributed by atoms with van der Waals surface area (Å²) < 4.78 is 3.25. The van der Waals surface area contributed by atoms with Gasteiger partial charge in [-0.15, -0.1) is 37.2 Å². The van der Waals surface area contributed by atoms with Crippen molar-refractivity contribution in [3.05, 3.63) is 22.1 Å². The quantitative estimate of drug-likeness (QED) is 0.528. The van der Waals surface area contributed by atoms with Crippen molar-refractivity contribution in [3.63, 3.8) is 0 Å². The second-order valence-electron chi connectivity index (χ2n) is 2.60. The molecule has 0 heterocycles. The molecule has 0 bridgehead atoms. The summed E-state index contributed by atoms with van der Waals surface area (Å²) >= 11 is 0.290. The first-order valence-corrected chi connectivity index (χ1v) is 5.91. The zero-order valence-electron chi connectivity index (χ0n) is 7.79. The monoisotopic (exact) mass is 278 g/mol. The first kappa shape index (κ1) is 19.6. The van der Waals surface area contributed by atoms with E-state index in [-0.39, 0.29) is 56.4 Å². The number of halogens is 3. The smallest absolute Gasteiger partial charge is 0.147 e. The number of unbranched alkanes of at least 4 members (excludes halogenated alkanes) is 1. The molecular formula is C9H17Cl3Ti. The molecule has 1 aliphatic carbocycles. The number of hydrogen-bond donors (Lipinski definition) is 0. The number of allylic oxidation sites excluding steroid dienone is 4. The predicted molar refractivity (Wildman–Crippen MR) is 63.3 cm³/mol. The summed E-state index contributed by atoms with van der Waals surface area (Å²) in [5.41, 5.74) is 0. The fraction of sp³-hybridized carbons (Fsp3) is 0.556. The Bertz CT molecular complexity index is 155. The van der Waals surface area contributed by atoms with E-state index in [9.17, 15) is 0 Å². The summed E-state index contributed by atoms with van der Waals surface area (Å²) in [6.45, 7) is 2.27. The maximum absolute atomic E-state index is 2.32. The zero-order chi connectivity index (χ0) is 7.23. The van der Waals surface area contributed by atoms with E-state index in [1.54, 1.807) is 3.88 Å². The van der Waals surface area contributed by atoms with Crippen LogP contribution < -0.4 is 0 Å². The maximum atomic E-state index is 2.32. The van der Waals surface area contributed by atoms with Gasteiger partial charge < -0.3 is 0 Å². The van der Waals surface area contributed by atoms with Gasteiger partial charge in [-0.05, 0) is 0 Å². The summed E-state index contributed by atoms with van der Waals surface area (Å²) in [5.74, 6) is 0. The fourth-order valence-corrected chi connectivity index (χ4v) is 3.08. The Morgan fingerprint density at radius 2 is 2.00 bits per heavy atom. The first-order valence-electron chi connectivity index (χ1n) is 4.03. The van der Waals surface area contributed by atoms with Crippen molar-refractivity contribution in [3.8, 4) is 0 Å². The minimum Gasteiger partial charge on any atom is -0.147 e. The molecule has 0 spiro atoms. The van der Waals surface area contributed by atoms with E-state index in [0.717, 1.165) is 0 Å². The van der Waals surface area contributed by atoms with E-state index < -0.39 is 0 Å². The van der Waals surface area contributed by atoms with E-state index in [1.165, 1.54) is 24.0 Å². The molecule has 0 aromatic carbocycles. The average molecular weight is 279 g/mol. The molecule has 0 aliphatic heterocycles. The molecule has 0 saturated heterocycles. The summed E-state index contributed by atoms with van der Waals surface area (Å²) in [7, 11) is 0. The molecule has 0 aromatic rings. The minimum atomic E-state index is 0. The zero-order valence-corrected chi connectivity index (χ0v) is 11.8. The number of hydrogen-bond acceptors (Lipinski definition) is 0. The van der Waals surface area contributed by atoms with Crippen LogP contribution in [0.2, 0.25) is 4.73 Å². The minimum absolute atomic E-state index is 0. The van der Waals surface area contributed by atoms with Crippen LogP contribution in [0.3, 0.4) is 0 Å². The van der Waals surface area contributed by atoms with Gasteiger partial charge in [0.05, 0.1) is 0 Å². The molecule has 1 rings (SSSR count). The van der Waals surface area contributed by atoms with Gasteiger partial charge in [-0.25, -0.2) is 0 Å². The van der Waals surface area contributed by atoms with Gasteiger partial charge in [-0.2, -0.15) is 0 Å². The van der Waals surface area contributed by atoms with Crippen molar-refractivity contribution in [1.29, 1.82) is 0 Å². The molecule has 1 aliphatic rings. The molecule has 13 heavy (non-hydrogen) atoms. The van der Waals surface area contributed by atoms with Crippen molar-refractivity contribution in [2.75, 3.05) is 0 Å². The van der Waals surface area contributed by atoms with Crippen LogP contribution in [0, 0.1) is 0 Å². The standard InChI is InChI=1S/C5H5.C4H9.3ClH.Ti/c1-2-4-5-3-1;1-3-4-2;;;;/h1-3H,4H2;1,3-4H2,2H3;3*1H;. The largest absolute Gasteiger partial charge is 0.147 e. The van der Waals surface area contributed by atoms with Gasteiger partial charge in [0, 0.05) is 0 Å². The summed E-state index contributed by atoms with van der Waals surface area (Å²) in [5, 5.41) is 0. The summed E-state index contributed by atoms with van der Waals surface area (Å²) in [6.07, 6.45) is 10.9. The van der Waals surface area contributed by atoms with Gasteiger partial charge in [-0.1, -0.05) is 0 Å². The van der Waals surface area contributed by atoms with Gasteiger partial charge in [0.25, 0.3) is 0 Å². The van der Waals surface area contributed by atoms with Gasteiger partial charge in [0.15, 0.2) is 0 Å². The third kappa shape index (κ3) is 9.37. The summed E-state index contributed by atoms with van der Waals surface area (Å²) in [6, 6.07) is 0. The Morgan fingerprint density at radius 1 is 1.31 bits per heavy atom. The Labute approximate surface area is 109 Å². The normalized spacial score (nSPS) is 11.9.